The van der Waals surface area contributed by atoms with Crippen LogP contribution in [0.1, 0.15) is 59.0 Å². The Bertz CT molecular complexity index is 1650. The number of esters is 1. The molecule has 2 aromatic carbocycles. The van der Waals surface area contributed by atoms with Gasteiger partial charge in [0.15, 0.2) is 0 Å². The van der Waals surface area contributed by atoms with Crippen LogP contribution in [0.2, 0.25) is 5.02 Å². The zero-order valence-electron chi connectivity index (χ0n) is 24.1. The van der Waals surface area contributed by atoms with Crippen molar-refractivity contribution in [1.29, 1.82) is 0 Å². The maximum absolute atomic E-state index is 14.3. The van der Waals surface area contributed by atoms with Gasteiger partial charge in [-0.15, -0.1) is 0 Å². The van der Waals surface area contributed by atoms with Crippen molar-refractivity contribution in [2.45, 2.75) is 50.4 Å². The Hall–Kier alpha value is -3.76. The number of halogens is 3. The van der Waals surface area contributed by atoms with Crippen LogP contribution in [-0.4, -0.2) is 57.9 Å². The molecule has 8 nitrogen and oxygen atoms in total. The van der Waals surface area contributed by atoms with Crippen molar-refractivity contribution >= 4 is 28.6 Å². The Morgan fingerprint density at radius 1 is 1.09 bits per heavy atom. The molecule has 0 N–H and O–H groups in total. The van der Waals surface area contributed by atoms with Crippen LogP contribution < -0.4 is 9.47 Å². The summed E-state index contributed by atoms with van der Waals surface area (Å²) in [7, 11) is 3.23. The molecule has 4 aromatic rings. The first-order chi connectivity index (χ1) is 20.7. The van der Waals surface area contributed by atoms with Gasteiger partial charge < -0.3 is 18.8 Å². The molecular formula is C32H33ClF2N4O4. The molecule has 3 heterocycles. The third kappa shape index (κ3) is 6.60. The van der Waals surface area contributed by atoms with Crippen molar-refractivity contribution in [3.63, 3.8) is 0 Å². The SMILES string of the molecule is COC(=O)c1cc(OCC2(F)CC2)c2nc(CN3CCC(c4cccc(OCc5ccc(Cl)cc5F)n4)CC3)n(C)c2c1. The van der Waals surface area contributed by atoms with Gasteiger partial charge in [0.1, 0.15) is 41.8 Å². The average molecular weight is 611 g/mol. The number of rotatable bonds is 10. The highest BCUT2D eigenvalue weighted by atomic mass is 35.5. The van der Waals surface area contributed by atoms with Crippen molar-refractivity contribution in [2.24, 2.45) is 7.05 Å². The number of ether oxygens (including phenoxy) is 3. The number of aryl methyl sites for hydroxylation is 1. The molecule has 0 unspecified atom stereocenters. The van der Waals surface area contributed by atoms with Crippen LogP contribution in [0.4, 0.5) is 8.78 Å². The fourth-order valence-electron chi connectivity index (χ4n) is 5.39. The summed E-state index contributed by atoms with van der Waals surface area (Å²) < 4.78 is 47.0. The average Bonchev–Trinajstić information content (AvgIpc) is 3.67. The van der Waals surface area contributed by atoms with E-state index in [1.165, 1.54) is 13.2 Å². The van der Waals surface area contributed by atoms with E-state index < -0.39 is 17.5 Å². The molecule has 1 aliphatic heterocycles. The second-order valence-electron chi connectivity index (χ2n) is 11.3. The monoisotopic (exact) mass is 610 g/mol. The molecule has 0 spiro atoms. The Morgan fingerprint density at radius 2 is 1.88 bits per heavy atom. The summed E-state index contributed by atoms with van der Waals surface area (Å²) in [4.78, 5) is 24.2. The largest absolute Gasteiger partial charge is 0.488 e. The van der Waals surface area contributed by atoms with Gasteiger partial charge in [-0.1, -0.05) is 23.7 Å². The first-order valence-corrected chi connectivity index (χ1v) is 14.7. The van der Waals surface area contributed by atoms with Crippen LogP contribution in [0.5, 0.6) is 11.6 Å². The lowest BCUT2D eigenvalue weighted by atomic mass is 9.93. The molecule has 0 radical (unpaired) electrons. The molecule has 1 aliphatic carbocycles. The molecule has 1 saturated carbocycles. The third-order valence-corrected chi connectivity index (χ3v) is 8.49. The topological polar surface area (TPSA) is 78.7 Å². The first-order valence-electron chi connectivity index (χ1n) is 14.4. The normalized spacial score (nSPS) is 16.8. The number of carbonyl (C=O) groups is 1. The fourth-order valence-corrected chi connectivity index (χ4v) is 5.55. The molecule has 0 atom stereocenters. The number of carbonyl (C=O) groups excluding carboxylic acids is 1. The van der Waals surface area contributed by atoms with E-state index >= 15 is 0 Å². The summed E-state index contributed by atoms with van der Waals surface area (Å²) in [5.74, 6) is 1.04. The summed E-state index contributed by atoms with van der Waals surface area (Å²) >= 11 is 5.84. The van der Waals surface area contributed by atoms with Crippen LogP contribution in [0.15, 0.2) is 48.5 Å². The quantitative estimate of drug-likeness (QED) is 0.193. The molecule has 43 heavy (non-hydrogen) atoms. The van der Waals surface area contributed by atoms with E-state index in [0.29, 0.717) is 52.7 Å². The molecule has 226 valence electrons. The van der Waals surface area contributed by atoms with Crippen LogP contribution in [0.3, 0.4) is 0 Å². The number of likely N-dealkylation sites (tertiary alicyclic amines) is 1. The van der Waals surface area contributed by atoms with Crippen LogP contribution >= 0.6 is 11.6 Å². The number of hydrogen-bond donors (Lipinski definition) is 0. The van der Waals surface area contributed by atoms with Crippen molar-refractivity contribution in [3.05, 3.63) is 82.0 Å². The van der Waals surface area contributed by atoms with Crippen molar-refractivity contribution in [3.8, 4) is 11.6 Å². The number of benzene rings is 2. The lowest BCUT2D eigenvalue weighted by Crippen LogP contribution is -2.33. The van der Waals surface area contributed by atoms with Gasteiger partial charge in [-0.3, -0.25) is 4.90 Å². The molecule has 2 aromatic heterocycles. The van der Waals surface area contributed by atoms with Gasteiger partial charge in [0.25, 0.3) is 0 Å². The summed E-state index contributed by atoms with van der Waals surface area (Å²) in [6, 6.07) is 13.5. The summed E-state index contributed by atoms with van der Waals surface area (Å²) in [6.45, 7) is 2.31. The van der Waals surface area contributed by atoms with Crippen LogP contribution in [-0.2, 0) is 24.9 Å². The van der Waals surface area contributed by atoms with Gasteiger partial charge >= 0.3 is 5.97 Å². The highest BCUT2D eigenvalue weighted by Gasteiger charge is 2.44. The predicted molar refractivity (Wildman–Crippen MR) is 158 cm³/mol. The van der Waals surface area contributed by atoms with Gasteiger partial charge in [0.2, 0.25) is 5.88 Å². The number of pyridine rings is 1. The van der Waals surface area contributed by atoms with Crippen LogP contribution in [0, 0.1) is 5.82 Å². The van der Waals surface area contributed by atoms with Gasteiger partial charge in [0, 0.05) is 35.3 Å². The highest BCUT2D eigenvalue weighted by Crippen LogP contribution is 2.41. The molecule has 2 fully saturated rings. The number of aromatic nitrogens is 3. The van der Waals surface area contributed by atoms with E-state index in [9.17, 15) is 13.6 Å². The second kappa shape index (κ2) is 12.1. The maximum atomic E-state index is 14.3. The van der Waals surface area contributed by atoms with E-state index in [0.717, 1.165) is 43.0 Å². The van der Waals surface area contributed by atoms with E-state index in [1.807, 2.05) is 23.7 Å². The van der Waals surface area contributed by atoms with Gasteiger partial charge in [0.05, 0.1) is 24.7 Å². The molecule has 0 amide bonds. The summed E-state index contributed by atoms with van der Waals surface area (Å²) in [5.41, 5.74) is 1.73. The minimum Gasteiger partial charge on any atom is -0.488 e. The lowest BCUT2D eigenvalue weighted by molar-refractivity contribution is 0.0600. The predicted octanol–water partition coefficient (Wildman–Crippen LogP) is 6.39. The zero-order chi connectivity index (χ0) is 30.1. The number of imidazole rings is 1. The smallest absolute Gasteiger partial charge is 0.338 e. The zero-order valence-corrected chi connectivity index (χ0v) is 24.9. The van der Waals surface area contributed by atoms with Crippen molar-refractivity contribution in [2.75, 3.05) is 26.8 Å². The first kappa shape index (κ1) is 29.3. The van der Waals surface area contributed by atoms with Gasteiger partial charge in [-0.05, 0) is 69.1 Å². The van der Waals surface area contributed by atoms with E-state index in [2.05, 4.69) is 4.90 Å². The number of piperidine rings is 1. The van der Waals surface area contributed by atoms with Crippen molar-refractivity contribution in [1.82, 2.24) is 19.4 Å². The number of hydrogen-bond acceptors (Lipinski definition) is 7. The number of methoxy groups -OCH3 is 1. The van der Waals surface area contributed by atoms with E-state index in [4.69, 9.17) is 35.8 Å². The highest BCUT2D eigenvalue weighted by molar-refractivity contribution is 6.30. The Morgan fingerprint density at radius 3 is 2.60 bits per heavy atom. The van der Waals surface area contributed by atoms with Gasteiger partial charge in [-0.2, -0.15) is 0 Å². The minimum atomic E-state index is -1.30. The van der Waals surface area contributed by atoms with E-state index in [1.54, 1.807) is 30.3 Å². The molecule has 1 saturated heterocycles. The minimum absolute atomic E-state index is 0.0650. The van der Waals surface area contributed by atoms with Gasteiger partial charge in [-0.25, -0.2) is 23.5 Å². The fraction of sp³-hybridized carbons (Fsp3) is 0.406. The molecule has 6 rings (SSSR count). The van der Waals surface area contributed by atoms with E-state index in [-0.39, 0.29) is 19.1 Å². The Balaban J connectivity index is 1.11. The second-order valence-corrected chi connectivity index (χ2v) is 11.8. The van der Waals surface area contributed by atoms with Crippen LogP contribution in [0.25, 0.3) is 11.0 Å². The standard InChI is InChI=1S/C32H33ClF2N4O4/c1-38-26-14-22(31(40)41-2)15-27(43-19-32(35)10-11-32)30(26)37-28(38)17-39-12-8-20(9-13-39)25-4-3-5-29(36-25)42-18-21-6-7-23(33)16-24(21)34/h3-7,14-16,20H,8-13,17-19H2,1-2H3. The summed E-state index contributed by atoms with van der Waals surface area (Å²) in [5, 5.41) is 0.343. The Kier molecular flexibility index (Phi) is 8.24. The Labute approximate surface area is 253 Å². The molecule has 0 bridgehead atoms. The molecular weight excluding hydrogens is 578 g/mol. The lowest BCUT2D eigenvalue weighted by Gasteiger charge is -2.31. The van der Waals surface area contributed by atoms with Crippen molar-refractivity contribution < 1.29 is 27.8 Å². The molecule has 2 aliphatic rings. The maximum Gasteiger partial charge on any atom is 0.338 e. The number of fused-ring (bicyclic) bond motifs is 1. The summed E-state index contributed by atoms with van der Waals surface area (Å²) in [6.07, 6.45) is 2.77. The molecule has 11 heteroatoms. The number of alkyl halides is 1. The third-order valence-electron chi connectivity index (χ3n) is 8.25. The number of nitrogens with zero attached hydrogens (tertiary/aromatic N) is 4.